The van der Waals surface area contributed by atoms with Gasteiger partial charge >= 0.3 is 5.97 Å². The molecule has 112 valence electrons. The molecule has 0 spiro atoms. The summed E-state index contributed by atoms with van der Waals surface area (Å²) in [6, 6.07) is 2.12. The lowest BCUT2D eigenvalue weighted by atomic mass is 10.0. The smallest absolute Gasteiger partial charge is 0.304 e. The average molecular weight is 324 g/mol. The maximum atomic E-state index is 12.9. The Kier molecular flexibility index (Phi) is 5.50. The third kappa shape index (κ3) is 4.43. The Morgan fingerprint density at radius 1 is 1.45 bits per heavy atom. The van der Waals surface area contributed by atoms with Gasteiger partial charge in [0.1, 0.15) is 10.7 Å². The van der Waals surface area contributed by atoms with Crippen LogP contribution in [0.2, 0.25) is 5.02 Å². The van der Waals surface area contributed by atoms with Crippen LogP contribution in [0.15, 0.2) is 23.1 Å². The predicted octanol–water partition coefficient (Wildman–Crippen LogP) is 2.26. The van der Waals surface area contributed by atoms with Crippen LogP contribution in [-0.4, -0.2) is 25.5 Å². The monoisotopic (exact) mass is 323 g/mol. The molecule has 0 bridgehead atoms. The quantitative estimate of drug-likeness (QED) is 0.841. The first-order valence-electron chi connectivity index (χ1n) is 5.82. The summed E-state index contributed by atoms with van der Waals surface area (Å²) >= 11 is 5.71. The molecule has 1 aromatic rings. The van der Waals surface area contributed by atoms with E-state index in [0.29, 0.717) is 0 Å². The van der Waals surface area contributed by atoms with Crippen molar-refractivity contribution < 1.29 is 22.7 Å². The topological polar surface area (TPSA) is 83.5 Å². The van der Waals surface area contributed by atoms with Gasteiger partial charge < -0.3 is 5.11 Å². The Morgan fingerprint density at radius 3 is 2.50 bits per heavy atom. The summed E-state index contributed by atoms with van der Waals surface area (Å²) in [5.74, 6) is -1.99. The lowest BCUT2D eigenvalue weighted by molar-refractivity contribution is -0.137. The van der Waals surface area contributed by atoms with Crippen LogP contribution in [-0.2, 0) is 14.8 Å². The molecule has 0 heterocycles. The van der Waals surface area contributed by atoms with Crippen LogP contribution in [0.1, 0.15) is 20.3 Å². The fourth-order valence-electron chi connectivity index (χ4n) is 1.56. The van der Waals surface area contributed by atoms with Gasteiger partial charge in [-0.05, 0) is 24.1 Å². The molecule has 0 saturated heterocycles. The molecule has 1 rings (SSSR count). The molecule has 1 atom stereocenters. The van der Waals surface area contributed by atoms with E-state index in [1.165, 1.54) is 0 Å². The van der Waals surface area contributed by atoms with Gasteiger partial charge in [-0.1, -0.05) is 25.4 Å². The van der Waals surface area contributed by atoms with E-state index in [9.17, 15) is 17.6 Å². The van der Waals surface area contributed by atoms with Crippen molar-refractivity contribution in [3.05, 3.63) is 29.0 Å². The number of carboxylic acid groups (broad SMARTS) is 1. The zero-order valence-corrected chi connectivity index (χ0v) is 12.5. The highest BCUT2D eigenvalue weighted by Crippen LogP contribution is 2.23. The Bertz CT molecular complexity index is 603. The lowest BCUT2D eigenvalue weighted by Crippen LogP contribution is -2.40. The third-order valence-electron chi connectivity index (χ3n) is 2.69. The van der Waals surface area contributed by atoms with Gasteiger partial charge in [-0.25, -0.2) is 17.5 Å². The highest BCUT2D eigenvalue weighted by molar-refractivity contribution is 7.89. The molecule has 1 unspecified atom stereocenters. The molecule has 8 heteroatoms. The van der Waals surface area contributed by atoms with Crippen molar-refractivity contribution in [3.8, 4) is 0 Å². The van der Waals surface area contributed by atoms with E-state index in [1.54, 1.807) is 13.8 Å². The number of sulfonamides is 1. The SMILES string of the molecule is CC(C)C(CC(=O)O)NS(=O)(=O)c1ccc(F)cc1Cl. The van der Waals surface area contributed by atoms with Crippen molar-refractivity contribution in [3.63, 3.8) is 0 Å². The number of hydrogen-bond acceptors (Lipinski definition) is 3. The zero-order chi connectivity index (χ0) is 15.5. The second kappa shape index (κ2) is 6.51. The predicted molar refractivity (Wildman–Crippen MR) is 72.6 cm³/mol. The Balaban J connectivity index is 3.06. The van der Waals surface area contributed by atoms with Crippen molar-refractivity contribution in [2.24, 2.45) is 5.92 Å². The molecule has 0 aliphatic carbocycles. The van der Waals surface area contributed by atoms with E-state index in [-0.39, 0.29) is 22.3 Å². The Morgan fingerprint density at radius 2 is 2.05 bits per heavy atom. The molecule has 0 aliphatic heterocycles. The Hall–Kier alpha value is -1.18. The standard InChI is InChI=1S/C12H15ClFNO4S/c1-7(2)10(6-12(16)17)15-20(18,19)11-4-3-8(14)5-9(11)13/h3-5,7,10,15H,6H2,1-2H3,(H,16,17). The van der Waals surface area contributed by atoms with Gasteiger partial charge in [0.15, 0.2) is 0 Å². The van der Waals surface area contributed by atoms with E-state index in [4.69, 9.17) is 16.7 Å². The summed E-state index contributed by atoms with van der Waals surface area (Å²) in [6.45, 7) is 3.39. The van der Waals surface area contributed by atoms with Crippen LogP contribution >= 0.6 is 11.6 Å². The summed E-state index contributed by atoms with van der Waals surface area (Å²) in [5, 5.41) is 8.53. The summed E-state index contributed by atoms with van der Waals surface area (Å²) < 4.78 is 39.5. The highest BCUT2D eigenvalue weighted by Gasteiger charge is 2.26. The summed E-state index contributed by atoms with van der Waals surface area (Å²) in [5.41, 5.74) is 0. The number of hydrogen-bond donors (Lipinski definition) is 2. The van der Waals surface area contributed by atoms with Crippen LogP contribution in [0.25, 0.3) is 0 Å². The van der Waals surface area contributed by atoms with E-state index in [2.05, 4.69) is 4.72 Å². The highest BCUT2D eigenvalue weighted by atomic mass is 35.5. The summed E-state index contributed by atoms with van der Waals surface area (Å²) in [7, 11) is -4.01. The number of aliphatic carboxylic acids is 1. The van der Waals surface area contributed by atoms with E-state index >= 15 is 0 Å². The first-order chi connectivity index (χ1) is 9.13. The van der Waals surface area contributed by atoms with Crippen molar-refractivity contribution in [2.45, 2.75) is 31.2 Å². The Labute approximate surface area is 121 Å². The molecule has 0 fully saturated rings. The minimum Gasteiger partial charge on any atom is -0.481 e. The van der Waals surface area contributed by atoms with Gasteiger partial charge in [-0.2, -0.15) is 0 Å². The van der Waals surface area contributed by atoms with E-state index in [1.807, 2.05) is 0 Å². The molecule has 0 radical (unpaired) electrons. The molecule has 0 aromatic heterocycles. The van der Waals surface area contributed by atoms with Gasteiger partial charge in [-0.15, -0.1) is 0 Å². The summed E-state index contributed by atoms with van der Waals surface area (Å²) in [6.07, 6.45) is -0.351. The molecular formula is C12H15ClFNO4S. The number of nitrogens with one attached hydrogen (secondary N) is 1. The average Bonchev–Trinajstić information content (AvgIpc) is 2.26. The first-order valence-corrected chi connectivity index (χ1v) is 7.68. The number of halogens is 2. The van der Waals surface area contributed by atoms with Crippen molar-refractivity contribution in [2.75, 3.05) is 0 Å². The molecule has 0 saturated carbocycles. The second-order valence-corrected chi connectivity index (χ2v) is 6.73. The first kappa shape index (κ1) is 16.9. The second-order valence-electron chi connectivity index (χ2n) is 4.64. The molecule has 0 aliphatic rings. The van der Waals surface area contributed by atoms with Gasteiger partial charge in [0.2, 0.25) is 10.0 Å². The van der Waals surface area contributed by atoms with Gasteiger partial charge in [0.05, 0.1) is 11.4 Å². The number of carbonyl (C=O) groups is 1. The van der Waals surface area contributed by atoms with Crippen molar-refractivity contribution in [1.29, 1.82) is 0 Å². The number of rotatable bonds is 6. The normalized spacial score (nSPS) is 13.4. The largest absolute Gasteiger partial charge is 0.481 e. The van der Waals surface area contributed by atoms with E-state index in [0.717, 1.165) is 18.2 Å². The van der Waals surface area contributed by atoms with Gasteiger partial charge in [0.25, 0.3) is 0 Å². The molecule has 2 N–H and O–H groups in total. The summed E-state index contributed by atoms with van der Waals surface area (Å²) in [4.78, 5) is 10.5. The van der Waals surface area contributed by atoms with Crippen LogP contribution in [0.4, 0.5) is 4.39 Å². The van der Waals surface area contributed by atoms with Crippen LogP contribution < -0.4 is 4.72 Å². The maximum absolute atomic E-state index is 12.9. The van der Waals surface area contributed by atoms with Gasteiger partial charge in [0, 0.05) is 6.04 Å². The van der Waals surface area contributed by atoms with Crippen molar-refractivity contribution >= 4 is 27.6 Å². The third-order valence-corrected chi connectivity index (χ3v) is 4.66. The minimum absolute atomic E-state index is 0.222. The molecule has 0 amide bonds. The number of benzene rings is 1. The zero-order valence-electron chi connectivity index (χ0n) is 10.9. The van der Waals surface area contributed by atoms with Gasteiger partial charge in [-0.3, -0.25) is 4.79 Å². The minimum atomic E-state index is -4.01. The molecular weight excluding hydrogens is 309 g/mol. The molecule has 20 heavy (non-hydrogen) atoms. The lowest BCUT2D eigenvalue weighted by Gasteiger charge is -2.20. The van der Waals surface area contributed by atoms with Crippen LogP contribution in [0.3, 0.4) is 0 Å². The van der Waals surface area contributed by atoms with E-state index < -0.39 is 27.9 Å². The maximum Gasteiger partial charge on any atom is 0.304 e. The molecule has 1 aromatic carbocycles. The molecule has 5 nitrogen and oxygen atoms in total. The van der Waals surface area contributed by atoms with Crippen molar-refractivity contribution in [1.82, 2.24) is 4.72 Å². The number of carboxylic acids is 1. The fraction of sp³-hybridized carbons (Fsp3) is 0.417. The fourth-order valence-corrected chi connectivity index (χ4v) is 3.47. The van der Waals surface area contributed by atoms with Crippen LogP contribution in [0.5, 0.6) is 0 Å². The van der Waals surface area contributed by atoms with Crippen LogP contribution in [0, 0.1) is 11.7 Å².